The first-order valence-electron chi connectivity index (χ1n) is 6.52. The molecule has 0 spiro atoms. The van der Waals surface area contributed by atoms with E-state index >= 15 is 0 Å². The standard InChI is InChI=1S/C13H21NO5/c1-13(2,3)19-12(17)14-8-6-10(15)9(14)5-7(8)11(16)18-4/h7-10,15H,5-6H2,1-4H3/t7-,8-,9+,10+/m1/s1. The monoisotopic (exact) mass is 271 g/mol. The van der Waals surface area contributed by atoms with E-state index in [2.05, 4.69) is 0 Å². The molecule has 2 heterocycles. The van der Waals surface area contributed by atoms with Gasteiger partial charge in [0.15, 0.2) is 0 Å². The van der Waals surface area contributed by atoms with E-state index in [1.807, 2.05) is 0 Å². The molecule has 0 aromatic carbocycles. The van der Waals surface area contributed by atoms with Crippen molar-refractivity contribution in [2.75, 3.05) is 7.11 Å². The zero-order chi connectivity index (χ0) is 14.4. The Bertz CT molecular complexity index is 389. The van der Waals surface area contributed by atoms with Gasteiger partial charge in [-0.15, -0.1) is 0 Å². The third-order valence-corrected chi connectivity index (χ3v) is 3.71. The maximum absolute atomic E-state index is 12.2. The molecule has 6 heteroatoms. The van der Waals surface area contributed by atoms with Crippen molar-refractivity contribution in [3.8, 4) is 0 Å². The minimum Gasteiger partial charge on any atom is -0.469 e. The summed E-state index contributed by atoms with van der Waals surface area (Å²) in [6.45, 7) is 5.37. The maximum Gasteiger partial charge on any atom is 0.410 e. The highest BCUT2D eigenvalue weighted by molar-refractivity contribution is 5.77. The second kappa shape index (κ2) is 4.67. The summed E-state index contributed by atoms with van der Waals surface area (Å²) >= 11 is 0. The van der Waals surface area contributed by atoms with Crippen LogP contribution in [0.5, 0.6) is 0 Å². The number of esters is 1. The number of hydrogen-bond acceptors (Lipinski definition) is 5. The van der Waals surface area contributed by atoms with E-state index in [1.165, 1.54) is 12.0 Å². The number of amides is 1. The van der Waals surface area contributed by atoms with Crippen molar-refractivity contribution in [3.05, 3.63) is 0 Å². The number of ether oxygens (including phenoxy) is 2. The van der Waals surface area contributed by atoms with E-state index in [9.17, 15) is 14.7 Å². The Morgan fingerprint density at radius 1 is 1.21 bits per heavy atom. The van der Waals surface area contributed by atoms with Gasteiger partial charge in [-0.1, -0.05) is 0 Å². The Morgan fingerprint density at radius 3 is 2.37 bits per heavy atom. The Balaban J connectivity index is 2.14. The van der Waals surface area contributed by atoms with Crippen LogP contribution in [0.25, 0.3) is 0 Å². The molecule has 2 bridgehead atoms. The minimum absolute atomic E-state index is 0.317. The van der Waals surface area contributed by atoms with Crippen LogP contribution in [0, 0.1) is 5.92 Å². The quantitative estimate of drug-likeness (QED) is 0.718. The highest BCUT2D eigenvalue weighted by Crippen LogP contribution is 2.43. The van der Waals surface area contributed by atoms with Crippen LogP contribution in [-0.4, -0.2) is 53.0 Å². The first-order valence-corrected chi connectivity index (χ1v) is 6.52. The summed E-state index contributed by atoms with van der Waals surface area (Å²) in [5.41, 5.74) is -0.592. The van der Waals surface area contributed by atoms with Crippen LogP contribution in [0.3, 0.4) is 0 Å². The summed E-state index contributed by atoms with van der Waals surface area (Å²) in [6.07, 6.45) is -0.203. The predicted molar refractivity (Wildman–Crippen MR) is 66.4 cm³/mol. The minimum atomic E-state index is -0.592. The van der Waals surface area contributed by atoms with Gasteiger partial charge in [-0.05, 0) is 33.6 Å². The van der Waals surface area contributed by atoms with Crippen molar-refractivity contribution in [1.29, 1.82) is 0 Å². The van der Waals surface area contributed by atoms with Crippen LogP contribution < -0.4 is 0 Å². The summed E-state index contributed by atoms with van der Waals surface area (Å²) in [4.78, 5) is 25.4. The third-order valence-electron chi connectivity index (χ3n) is 3.71. The lowest BCUT2D eigenvalue weighted by Gasteiger charge is -2.27. The summed E-state index contributed by atoms with van der Waals surface area (Å²) in [5.74, 6) is -0.682. The number of aliphatic hydroxyl groups excluding tert-OH is 1. The Hall–Kier alpha value is -1.30. The fourth-order valence-electron chi connectivity index (χ4n) is 2.99. The highest BCUT2D eigenvalue weighted by atomic mass is 16.6. The van der Waals surface area contributed by atoms with Gasteiger partial charge >= 0.3 is 12.1 Å². The molecule has 2 saturated heterocycles. The molecule has 1 amide bonds. The molecule has 0 aromatic rings. The molecule has 0 aliphatic carbocycles. The number of carbonyl (C=O) groups is 2. The Morgan fingerprint density at radius 2 is 1.84 bits per heavy atom. The molecule has 4 atom stereocenters. The lowest BCUT2D eigenvalue weighted by molar-refractivity contribution is -0.146. The largest absolute Gasteiger partial charge is 0.469 e. The van der Waals surface area contributed by atoms with Gasteiger partial charge in [0.25, 0.3) is 0 Å². The average molecular weight is 271 g/mol. The number of rotatable bonds is 1. The van der Waals surface area contributed by atoms with Gasteiger partial charge in [0, 0.05) is 0 Å². The molecule has 0 unspecified atom stereocenters. The van der Waals surface area contributed by atoms with Crippen molar-refractivity contribution in [2.45, 2.75) is 57.4 Å². The zero-order valence-electron chi connectivity index (χ0n) is 11.8. The van der Waals surface area contributed by atoms with E-state index in [0.29, 0.717) is 12.8 Å². The fourth-order valence-corrected chi connectivity index (χ4v) is 2.99. The van der Waals surface area contributed by atoms with Crippen LogP contribution >= 0.6 is 0 Å². The van der Waals surface area contributed by atoms with Crippen molar-refractivity contribution >= 4 is 12.1 Å². The molecule has 2 aliphatic heterocycles. The van der Waals surface area contributed by atoms with E-state index in [1.54, 1.807) is 20.8 Å². The van der Waals surface area contributed by atoms with Gasteiger partial charge in [-0.25, -0.2) is 4.79 Å². The average Bonchev–Trinajstić information content (AvgIpc) is 2.79. The van der Waals surface area contributed by atoms with E-state index < -0.39 is 17.8 Å². The Kier molecular flexibility index (Phi) is 3.47. The lowest BCUT2D eigenvalue weighted by Crippen LogP contribution is -2.42. The van der Waals surface area contributed by atoms with E-state index in [4.69, 9.17) is 9.47 Å². The van der Waals surface area contributed by atoms with Crippen LogP contribution in [0.1, 0.15) is 33.6 Å². The van der Waals surface area contributed by atoms with Crippen molar-refractivity contribution in [1.82, 2.24) is 4.90 Å². The second-order valence-corrected chi connectivity index (χ2v) is 6.19. The third kappa shape index (κ3) is 2.54. The van der Waals surface area contributed by atoms with Gasteiger partial charge in [0.1, 0.15) is 5.60 Å². The molecule has 19 heavy (non-hydrogen) atoms. The zero-order valence-corrected chi connectivity index (χ0v) is 11.8. The van der Waals surface area contributed by atoms with Crippen molar-refractivity contribution in [2.24, 2.45) is 5.92 Å². The first-order chi connectivity index (χ1) is 8.74. The van der Waals surface area contributed by atoms with Gasteiger partial charge < -0.3 is 14.6 Å². The van der Waals surface area contributed by atoms with Crippen molar-refractivity contribution < 1.29 is 24.2 Å². The number of nitrogens with zero attached hydrogens (tertiary/aromatic N) is 1. The fraction of sp³-hybridized carbons (Fsp3) is 0.846. The summed E-state index contributed by atoms with van der Waals surface area (Å²) in [7, 11) is 1.34. The maximum atomic E-state index is 12.2. The highest BCUT2D eigenvalue weighted by Gasteiger charge is 2.57. The van der Waals surface area contributed by atoms with Crippen LogP contribution in [0.15, 0.2) is 0 Å². The van der Waals surface area contributed by atoms with Crippen LogP contribution in [0.4, 0.5) is 4.79 Å². The molecular formula is C13H21NO5. The number of fused-ring (bicyclic) bond motifs is 2. The molecule has 6 nitrogen and oxygen atoms in total. The topological polar surface area (TPSA) is 76.1 Å². The summed E-state index contributed by atoms with van der Waals surface area (Å²) < 4.78 is 10.1. The van der Waals surface area contributed by atoms with Crippen molar-refractivity contribution in [3.63, 3.8) is 0 Å². The molecule has 1 N–H and O–H groups in total. The predicted octanol–water partition coefficient (Wildman–Crippen LogP) is 0.918. The lowest BCUT2D eigenvalue weighted by atomic mass is 9.87. The number of hydrogen-bond donors (Lipinski definition) is 1. The molecule has 2 aliphatic rings. The van der Waals surface area contributed by atoms with Gasteiger partial charge in [0.05, 0.1) is 31.2 Å². The van der Waals surface area contributed by atoms with Gasteiger partial charge in [-0.3, -0.25) is 9.69 Å². The van der Waals surface area contributed by atoms with Crippen LogP contribution in [0.2, 0.25) is 0 Å². The number of methoxy groups -OCH3 is 1. The SMILES string of the molecule is COC(=O)[C@@H]1C[C@H]2[C@@H](O)C[C@H]1N2C(=O)OC(C)(C)C. The molecule has 0 saturated carbocycles. The number of aliphatic hydroxyl groups is 1. The van der Waals surface area contributed by atoms with Gasteiger partial charge in [0.2, 0.25) is 0 Å². The van der Waals surface area contributed by atoms with Gasteiger partial charge in [-0.2, -0.15) is 0 Å². The molecule has 108 valence electrons. The normalized spacial score (nSPS) is 33.4. The summed E-state index contributed by atoms with van der Waals surface area (Å²) in [6, 6.07) is -0.661. The molecule has 2 fully saturated rings. The molecule has 0 radical (unpaired) electrons. The first kappa shape index (κ1) is 14.1. The number of carbonyl (C=O) groups excluding carboxylic acids is 2. The molecule has 0 aromatic heterocycles. The van der Waals surface area contributed by atoms with E-state index in [0.717, 1.165) is 0 Å². The summed E-state index contributed by atoms with van der Waals surface area (Å²) in [5, 5.41) is 9.91. The molecular weight excluding hydrogens is 250 g/mol. The molecule has 2 rings (SSSR count). The van der Waals surface area contributed by atoms with Crippen LogP contribution in [-0.2, 0) is 14.3 Å². The Labute approximate surface area is 112 Å². The van der Waals surface area contributed by atoms with E-state index in [-0.39, 0.29) is 24.0 Å². The smallest absolute Gasteiger partial charge is 0.410 e. The second-order valence-electron chi connectivity index (χ2n) is 6.19.